The summed E-state index contributed by atoms with van der Waals surface area (Å²) in [5.74, 6) is 0.722. The second-order valence-electron chi connectivity index (χ2n) is 13.3. The second kappa shape index (κ2) is 11.8. The van der Waals surface area contributed by atoms with Crippen LogP contribution in [0.2, 0.25) is 0 Å². The first kappa shape index (κ1) is 29.3. The summed E-state index contributed by atoms with van der Waals surface area (Å²) < 4.78 is 0. The van der Waals surface area contributed by atoms with Gasteiger partial charge in [0.1, 0.15) is 0 Å². The summed E-state index contributed by atoms with van der Waals surface area (Å²) in [6, 6.07) is 69.8. The summed E-state index contributed by atoms with van der Waals surface area (Å²) in [5.41, 5.74) is 11.8. The van der Waals surface area contributed by atoms with Crippen LogP contribution in [-0.4, -0.2) is 9.97 Å². The fourth-order valence-corrected chi connectivity index (χ4v) is 8.30. The van der Waals surface area contributed by atoms with E-state index in [0.717, 1.165) is 44.7 Å². The molecule has 1 aliphatic rings. The molecule has 1 aromatic heterocycles. The first-order chi connectivity index (χ1) is 25.3. The highest BCUT2D eigenvalue weighted by Gasteiger charge is 2.48. The van der Waals surface area contributed by atoms with Crippen molar-refractivity contribution in [2.75, 3.05) is 0 Å². The average Bonchev–Trinajstić information content (AvgIpc) is 3.49. The highest BCUT2D eigenvalue weighted by molar-refractivity contribution is 6.10. The Morgan fingerprint density at radius 3 is 1.37 bits per heavy atom. The number of benzene rings is 8. The van der Waals surface area contributed by atoms with Crippen LogP contribution in [-0.2, 0) is 5.41 Å². The average molecular weight is 649 g/mol. The number of rotatable bonds is 5. The minimum Gasteiger partial charge on any atom is -0.228 e. The molecular formula is C49H32N2. The molecule has 0 saturated carbocycles. The highest BCUT2D eigenvalue weighted by Crippen LogP contribution is 2.60. The van der Waals surface area contributed by atoms with Gasteiger partial charge in [0, 0.05) is 16.7 Å². The topological polar surface area (TPSA) is 25.8 Å². The molecule has 0 amide bonds. The third kappa shape index (κ3) is 4.57. The predicted octanol–water partition coefficient (Wildman–Crippen LogP) is 12.1. The van der Waals surface area contributed by atoms with E-state index in [1.165, 1.54) is 44.2 Å². The molecule has 0 bridgehead atoms. The molecule has 0 aliphatic heterocycles. The van der Waals surface area contributed by atoms with E-state index in [-0.39, 0.29) is 0 Å². The molecule has 0 saturated heterocycles. The zero-order valence-electron chi connectivity index (χ0n) is 27.9. The van der Waals surface area contributed by atoms with Crippen LogP contribution in [0, 0.1) is 0 Å². The Balaban J connectivity index is 1.40. The van der Waals surface area contributed by atoms with Crippen molar-refractivity contribution in [3.05, 3.63) is 216 Å². The zero-order valence-corrected chi connectivity index (χ0v) is 27.9. The predicted molar refractivity (Wildman–Crippen MR) is 211 cm³/mol. The maximum absolute atomic E-state index is 5.44. The maximum Gasteiger partial charge on any atom is 0.161 e. The molecule has 1 aliphatic carbocycles. The van der Waals surface area contributed by atoms with Crippen LogP contribution in [0.1, 0.15) is 22.3 Å². The number of hydrogen-bond donors (Lipinski definition) is 0. The molecule has 10 rings (SSSR count). The van der Waals surface area contributed by atoms with E-state index >= 15 is 0 Å². The van der Waals surface area contributed by atoms with Crippen molar-refractivity contribution in [1.82, 2.24) is 9.97 Å². The molecule has 0 radical (unpaired) electrons. The fraction of sp³-hybridized carbons (Fsp3) is 0.0204. The van der Waals surface area contributed by atoms with E-state index in [9.17, 15) is 0 Å². The molecular weight excluding hydrogens is 617 g/mol. The van der Waals surface area contributed by atoms with Gasteiger partial charge in [0.2, 0.25) is 0 Å². The summed E-state index contributed by atoms with van der Waals surface area (Å²) in [4.78, 5) is 10.9. The van der Waals surface area contributed by atoms with Gasteiger partial charge in [0.05, 0.1) is 16.8 Å². The van der Waals surface area contributed by atoms with Crippen LogP contribution in [0.25, 0.3) is 66.6 Å². The summed E-state index contributed by atoms with van der Waals surface area (Å²) in [6.07, 6.45) is 0. The molecule has 0 atom stereocenters. The van der Waals surface area contributed by atoms with Gasteiger partial charge in [-0.15, -0.1) is 0 Å². The number of fused-ring (bicyclic) bond motifs is 5. The minimum atomic E-state index is -0.574. The van der Waals surface area contributed by atoms with Crippen LogP contribution in [0.5, 0.6) is 0 Å². The lowest BCUT2D eigenvalue weighted by Gasteiger charge is -2.34. The Hall–Kier alpha value is -6.64. The van der Waals surface area contributed by atoms with Crippen molar-refractivity contribution in [2.45, 2.75) is 5.41 Å². The Kier molecular flexibility index (Phi) is 6.75. The van der Waals surface area contributed by atoms with Crippen LogP contribution in [0.3, 0.4) is 0 Å². The van der Waals surface area contributed by atoms with E-state index in [1.54, 1.807) is 0 Å². The monoisotopic (exact) mass is 648 g/mol. The van der Waals surface area contributed by atoms with Crippen molar-refractivity contribution in [1.29, 1.82) is 0 Å². The van der Waals surface area contributed by atoms with E-state index in [0.29, 0.717) is 0 Å². The minimum absolute atomic E-state index is 0.574. The smallest absolute Gasteiger partial charge is 0.161 e. The molecule has 0 spiro atoms. The molecule has 0 fully saturated rings. The zero-order chi connectivity index (χ0) is 33.8. The van der Waals surface area contributed by atoms with Crippen molar-refractivity contribution < 1.29 is 0 Å². The van der Waals surface area contributed by atoms with Gasteiger partial charge in [-0.25, -0.2) is 9.97 Å². The van der Waals surface area contributed by atoms with Crippen molar-refractivity contribution in [3.8, 4) is 45.0 Å². The quantitative estimate of drug-likeness (QED) is 0.186. The van der Waals surface area contributed by atoms with E-state index in [2.05, 4.69) is 194 Å². The van der Waals surface area contributed by atoms with Crippen molar-refractivity contribution in [2.24, 2.45) is 0 Å². The molecule has 0 unspecified atom stereocenters. The number of aromatic nitrogens is 2. The first-order valence-corrected chi connectivity index (χ1v) is 17.5. The molecule has 2 heteroatoms. The molecule has 238 valence electrons. The second-order valence-corrected chi connectivity index (χ2v) is 13.3. The molecule has 1 heterocycles. The lowest BCUT2D eigenvalue weighted by Crippen LogP contribution is -2.28. The van der Waals surface area contributed by atoms with Gasteiger partial charge in [-0.2, -0.15) is 0 Å². The van der Waals surface area contributed by atoms with E-state index in [1.807, 2.05) is 0 Å². The van der Waals surface area contributed by atoms with Gasteiger partial charge in [-0.05, 0) is 79.2 Å². The third-order valence-electron chi connectivity index (χ3n) is 10.5. The van der Waals surface area contributed by atoms with Gasteiger partial charge in [-0.3, -0.25) is 0 Å². The van der Waals surface area contributed by atoms with E-state index < -0.39 is 5.41 Å². The van der Waals surface area contributed by atoms with Gasteiger partial charge >= 0.3 is 0 Å². The highest BCUT2D eigenvalue weighted by atomic mass is 14.9. The van der Waals surface area contributed by atoms with Crippen LogP contribution in [0.15, 0.2) is 194 Å². The largest absolute Gasteiger partial charge is 0.228 e. The Bertz CT molecular complexity index is 2620. The van der Waals surface area contributed by atoms with Gasteiger partial charge < -0.3 is 0 Å². The van der Waals surface area contributed by atoms with Gasteiger partial charge in [0.25, 0.3) is 0 Å². The van der Waals surface area contributed by atoms with Crippen molar-refractivity contribution >= 4 is 21.5 Å². The standard InChI is InChI=1S/C49H32N2/c1-5-17-33(18-6-1)44-32-45(34-19-7-2-8-20-34)51-48(50-44)47-40-28-16-15-23-37(40)31-43-46(47)41-29-35-21-13-14-22-36(35)30-42(41)49(43,38-24-9-3-10-25-38)39-26-11-4-12-27-39/h1-32H. The molecule has 9 aromatic rings. The number of hydrogen-bond acceptors (Lipinski definition) is 2. The fourth-order valence-electron chi connectivity index (χ4n) is 8.30. The summed E-state index contributed by atoms with van der Waals surface area (Å²) >= 11 is 0. The molecule has 8 aromatic carbocycles. The van der Waals surface area contributed by atoms with Crippen LogP contribution < -0.4 is 0 Å². The molecule has 0 N–H and O–H groups in total. The van der Waals surface area contributed by atoms with Crippen molar-refractivity contribution in [3.63, 3.8) is 0 Å². The maximum atomic E-state index is 5.44. The van der Waals surface area contributed by atoms with Crippen LogP contribution in [0.4, 0.5) is 0 Å². The lowest BCUT2D eigenvalue weighted by molar-refractivity contribution is 0.770. The third-order valence-corrected chi connectivity index (χ3v) is 10.5. The normalized spacial score (nSPS) is 12.9. The Morgan fingerprint density at radius 2 is 0.804 bits per heavy atom. The summed E-state index contributed by atoms with van der Waals surface area (Å²) in [6.45, 7) is 0. The molecule has 51 heavy (non-hydrogen) atoms. The Morgan fingerprint density at radius 1 is 0.353 bits per heavy atom. The Labute approximate surface area is 297 Å². The van der Waals surface area contributed by atoms with E-state index in [4.69, 9.17) is 9.97 Å². The SMILES string of the molecule is c1ccc(-c2cc(-c3ccccc3)nc(-c3c4c(cc5ccccc35)C(c3ccccc3)(c3ccccc3)c3cc5ccccc5cc3-4)n2)cc1. The first-order valence-electron chi connectivity index (χ1n) is 17.5. The molecule has 2 nitrogen and oxygen atoms in total. The summed E-state index contributed by atoms with van der Waals surface area (Å²) in [5, 5.41) is 4.73. The van der Waals surface area contributed by atoms with Gasteiger partial charge in [-0.1, -0.05) is 170 Å². The van der Waals surface area contributed by atoms with Gasteiger partial charge in [0.15, 0.2) is 5.82 Å². The number of nitrogens with zero attached hydrogens (tertiary/aromatic N) is 2. The van der Waals surface area contributed by atoms with Crippen LogP contribution >= 0.6 is 0 Å². The summed E-state index contributed by atoms with van der Waals surface area (Å²) in [7, 11) is 0. The lowest BCUT2D eigenvalue weighted by atomic mass is 9.67.